The van der Waals surface area contributed by atoms with Crippen molar-refractivity contribution in [1.29, 1.82) is 0 Å². The van der Waals surface area contributed by atoms with E-state index < -0.39 is 5.97 Å². The van der Waals surface area contributed by atoms with Gasteiger partial charge < -0.3 is 9.47 Å². The second kappa shape index (κ2) is 12.9. The van der Waals surface area contributed by atoms with E-state index in [1.807, 2.05) is 30.3 Å². The number of hydrogen-bond donors (Lipinski definition) is 0. The van der Waals surface area contributed by atoms with Crippen molar-refractivity contribution in [3.05, 3.63) is 126 Å². The molecule has 5 nitrogen and oxygen atoms in total. The maximum absolute atomic E-state index is 12.4. The standard InChI is InChI=1S/C35H32O5/c1-23(2)33(36)20-26-5-11-28(12-6-26)30-15-14-29-19-25(7-13-31(29)21-30)10-18-34(37)40-32-16-8-27(9-17-32)22-39-35(38)24(3)4/h5-9,11-17,19,21H,1,3,10,18,20,22H2,2,4H3. The van der Waals surface area contributed by atoms with Gasteiger partial charge in [-0.2, -0.15) is 0 Å². The first-order valence-electron chi connectivity index (χ1n) is 13.1. The lowest BCUT2D eigenvalue weighted by molar-refractivity contribution is -0.140. The number of Topliss-reactive ketones (excluding diaryl/α,β-unsaturated/α-hetero) is 1. The van der Waals surface area contributed by atoms with Gasteiger partial charge in [-0.3, -0.25) is 9.59 Å². The molecule has 0 spiro atoms. The Hall–Kier alpha value is -4.77. The van der Waals surface area contributed by atoms with Crippen LogP contribution in [-0.4, -0.2) is 17.7 Å². The number of carbonyl (C=O) groups excluding carboxylic acids is 3. The highest BCUT2D eigenvalue weighted by Crippen LogP contribution is 2.26. The fourth-order valence-electron chi connectivity index (χ4n) is 4.14. The third-order valence-corrected chi connectivity index (χ3v) is 6.52. The molecule has 0 aliphatic carbocycles. The zero-order valence-electron chi connectivity index (χ0n) is 22.9. The molecule has 0 aromatic heterocycles. The molecule has 0 heterocycles. The normalized spacial score (nSPS) is 10.7. The van der Waals surface area contributed by atoms with Gasteiger partial charge in [0.05, 0.1) is 0 Å². The molecule has 0 aliphatic heterocycles. The van der Waals surface area contributed by atoms with Crippen molar-refractivity contribution in [2.24, 2.45) is 0 Å². The molecule has 0 aliphatic rings. The molecule has 4 aromatic rings. The summed E-state index contributed by atoms with van der Waals surface area (Å²) in [5, 5.41) is 2.21. The number of aryl methyl sites for hydroxylation is 1. The van der Waals surface area contributed by atoms with E-state index in [1.165, 1.54) is 0 Å². The minimum atomic E-state index is -0.441. The molecule has 202 valence electrons. The van der Waals surface area contributed by atoms with Crippen LogP contribution in [0.2, 0.25) is 0 Å². The Balaban J connectivity index is 1.31. The summed E-state index contributed by atoms with van der Waals surface area (Å²) in [6.45, 7) is 10.7. The molecule has 0 saturated heterocycles. The summed E-state index contributed by atoms with van der Waals surface area (Å²) in [4.78, 5) is 35.9. The lowest BCUT2D eigenvalue weighted by atomic mass is 9.97. The van der Waals surface area contributed by atoms with Crippen LogP contribution in [0.1, 0.15) is 37.0 Å². The van der Waals surface area contributed by atoms with Gasteiger partial charge in [-0.25, -0.2) is 4.79 Å². The Morgan fingerprint density at radius 3 is 1.95 bits per heavy atom. The zero-order chi connectivity index (χ0) is 28.6. The summed E-state index contributed by atoms with van der Waals surface area (Å²) >= 11 is 0. The first-order chi connectivity index (χ1) is 19.2. The van der Waals surface area contributed by atoms with Crippen LogP contribution in [0.15, 0.2) is 109 Å². The second-order valence-electron chi connectivity index (χ2n) is 9.95. The molecule has 0 saturated carbocycles. The Labute approximate surface area is 234 Å². The van der Waals surface area contributed by atoms with E-state index in [2.05, 4.69) is 43.5 Å². The lowest BCUT2D eigenvalue weighted by Gasteiger charge is -2.09. The van der Waals surface area contributed by atoms with Crippen molar-refractivity contribution in [1.82, 2.24) is 0 Å². The first kappa shape index (κ1) is 28.2. The molecule has 0 N–H and O–H groups in total. The van der Waals surface area contributed by atoms with Crippen LogP contribution in [0, 0.1) is 0 Å². The molecule has 0 atom stereocenters. The minimum Gasteiger partial charge on any atom is -0.457 e. The van der Waals surface area contributed by atoms with Gasteiger partial charge >= 0.3 is 11.9 Å². The molecule has 0 radical (unpaired) electrons. The number of allylic oxidation sites excluding steroid dienone is 1. The largest absolute Gasteiger partial charge is 0.457 e. The number of carbonyl (C=O) groups is 3. The molecule has 40 heavy (non-hydrogen) atoms. The predicted molar refractivity (Wildman–Crippen MR) is 158 cm³/mol. The summed E-state index contributed by atoms with van der Waals surface area (Å²) in [6.07, 6.45) is 1.18. The van der Waals surface area contributed by atoms with Crippen LogP contribution in [0.5, 0.6) is 5.75 Å². The molecule has 0 unspecified atom stereocenters. The smallest absolute Gasteiger partial charge is 0.333 e. The van der Waals surface area contributed by atoms with Crippen molar-refractivity contribution in [3.63, 3.8) is 0 Å². The van der Waals surface area contributed by atoms with Gasteiger partial charge in [-0.1, -0.05) is 79.9 Å². The van der Waals surface area contributed by atoms with Crippen LogP contribution in [-0.2, 0) is 38.6 Å². The van der Waals surface area contributed by atoms with E-state index in [-0.39, 0.29) is 24.8 Å². The van der Waals surface area contributed by atoms with Crippen LogP contribution in [0.3, 0.4) is 0 Å². The van der Waals surface area contributed by atoms with Crippen molar-refractivity contribution < 1.29 is 23.9 Å². The quantitative estimate of drug-likeness (QED) is 0.115. The second-order valence-corrected chi connectivity index (χ2v) is 9.95. The number of rotatable bonds is 11. The summed E-state index contributed by atoms with van der Waals surface area (Å²) in [6, 6.07) is 27.4. The average Bonchev–Trinajstić information content (AvgIpc) is 2.95. The van der Waals surface area contributed by atoms with E-state index >= 15 is 0 Å². The summed E-state index contributed by atoms with van der Waals surface area (Å²) in [5.41, 5.74) is 5.92. The maximum atomic E-state index is 12.4. The van der Waals surface area contributed by atoms with Crippen molar-refractivity contribution in [2.45, 2.75) is 39.7 Å². The van der Waals surface area contributed by atoms with Gasteiger partial charge in [0, 0.05) is 18.4 Å². The van der Waals surface area contributed by atoms with Crippen molar-refractivity contribution >= 4 is 28.5 Å². The predicted octanol–water partition coefficient (Wildman–Crippen LogP) is 7.35. The lowest BCUT2D eigenvalue weighted by Crippen LogP contribution is -2.09. The highest BCUT2D eigenvalue weighted by atomic mass is 16.5. The SMILES string of the molecule is C=C(C)C(=O)Cc1ccc(-c2ccc3cc(CCC(=O)Oc4ccc(COC(=O)C(=C)C)cc4)ccc3c2)cc1. The van der Waals surface area contributed by atoms with Gasteiger partial charge in [0.25, 0.3) is 0 Å². The Kier molecular flexibility index (Phi) is 9.07. The molecule has 4 aromatic carbocycles. The maximum Gasteiger partial charge on any atom is 0.333 e. The van der Waals surface area contributed by atoms with Gasteiger partial charge in [-0.15, -0.1) is 0 Å². The Morgan fingerprint density at radius 2 is 1.27 bits per heavy atom. The summed E-state index contributed by atoms with van der Waals surface area (Å²) in [5.74, 6) is -0.257. The van der Waals surface area contributed by atoms with E-state index in [9.17, 15) is 14.4 Å². The topological polar surface area (TPSA) is 69.7 Å². The van der Waals surface area contributed by atoms with Gasteiger partial charge in [0.15, 0.2) is 5.78 Å². The number of fused-ring (bicyclic) bond motifs is 1. The van der Waals surface area contributed by atoms with Crippen LogP contribution < -0.4 is 4.74 Å². The van der Waals surface area contributed by atoms with Gasteiger partial charge in [-0.05, 0) is 82.6 Å². The van der Waals surface area contributed by atoms with E-state index in [0.717, 1.165) is 38.6 Å². The van der Waals surface area contributed by atoms with Gasteiger partial charge in [0.2, 0.25) is 0 Å². The van der Waals surface area contributed by atoms with E-state index in [4.69, 9.17) is 9.47 Å². The highest BCUT2D eigenvalue weighted by molar-refractivity contribution is 5.95. The van der Waals surface area contributed by atoms with Crippen LogP contribution >= 0.6 is 0 Å². The number of esters is 2. The number of ether oxygens (including phenoxy) is 2. The monoisotopic (exact) mass is 532 g/mol. The molecule has 4 rings (SSSR count). The van der Waals surface area contributed by atoms with Gasteiger partial charge in [0.1, 0.15) is 12.4 Å². The Bertz CT molecular complexity index is 1580. The number of benzene rings is 4. The third kappa shape index (κ3) is 7.64. The highest BCUT2D eigenvalue weighted by Gasteiger charge is 2.09. The summed E-state index contributed by atoms with van der Waals surface area (Å²) < 4.78 is 10.6. The third-order valence-electron chi connectivity index (χ3n) is 6.52. The minimum absolute atomic E-state index is 0.0527. The van der Waals surface area contributed by atoms with Crippen molar-refractivity contribution in [2.75, 3.05) is 0 Å². The average molecular weight is 533 g/mol. The molecule has 5 heteroatoms. The summed E-state index contributed by atoms with van der Waals surface area (Å²) in [7, 11) is 0. The fraction of sp³-hybridized carbons (Fsp3) is 0.171. The molecular weight excluding hydrogens is 500 g/mol. The first-order valence-corrected chi connectivity index (χ1v) is 13.1. The molecule has 0 fully saturated rings. The molecule has 0 bridgehead atoms. The van der Waals surface area contributed by atoms with Crippen molar-refractivity contribution in [3.8, 4) is 16.9 Å². The van der Waals surface area contributed by atoms with E-state index in [0.29, 0.717) is 29.7 Å². The Morgan fingerprint density at radius 1 is 0.675 bits per heavy atom. The number of ketones is 1. The zero-order valence-corrected chi connectivity index (χ0v) is 22.9. The van der Waals surface area contributed by atoms with E-state index in [1.54, 1.807) is 38.1 Å². The number of hydrogen-bond acceptors (Lipinski definition) is 5. The fourth-order valence-corrected chi connectivity index (χ4v) is 4.14. The molecular formula is C35H32O5. The van der Waals surface area contributed by atoms with Crippen LogP contribution in [0.4, 0.5) is 0 Å². The molecule has 0 amide bonds. The van der Waals surface area contributed by atoms with Crippen LogP contribution in [0.25, 0.3) is 21.9 Å².